The molecule has 0 saturated carbocycles. The molecular weight excluding hydrogens is 328 g/mol. The van der Waals surface area contributed by atoms with Crippen LogP contribution in [0.15, 0.2) is 29.2 Å². The summed E-state index contributed by atoms with van der Waals surface area (Å²) in [5.41, 5.74) is 0.348. The van der Waals surface area contributed by atoms with Crippen molar-refractivity contribution in [1.29, 1.82) is 0 Å². The Morgan fingerprint density at radius 1 is 1.36 bits per heavy atom. The molecule has 1 fully saturated rings. The van der Waals surface area contributed by atoms with Crippen molar-refractivity contribution in [2.24, 2.45) is 0 Å². The molecule has 124 valence electrons. The minimum absolute atomic E-state index is 0. The predicted molar refractivity (Wildman–Crippen MR) is 85.9 cm³/mol. The molecule has 0 radical (unpaired) electrons. The van der Waals surface area contributed by atoms with Crippen molar-refractivity contribution in [3.8, 4) is 0 Å². The highest BCUT2D eigenvalue weighted by molar-refractivity contribution is 7.89. The van der Waals surface area contributed by atoms with E-state index in [9.17, 15) is 13.2 Å². The molecule has 0 aliphatic carbocycles. The lowest BCUT2D eigenvalue weighted by Crippen LogP contribution is -2.38. The van der Waals surface area contributed by atoms with E-state index in [2.05, 4.69) is 5.32 Å². The minimum atomic E-state index is -3.54. The van der Waals surface area contributed by atoms with Crippen LogP contribution in [0.4, 0.5) is 0 Å². The molecule has 1 N–H and O–H groups in total. The van der Waals surface area contributed by atoms with Crippen LogP contribution >= 0.6 is 12.4 Å². The monoisotopic (exact) mass is 348 g/mol. The number of ether oxygens (including phenoxy) is 1. The van der Waals surface area contributed by atoms with Gasteiger partial charge in [-0.15, -0.1) is 12.4 Å². The average molecular weight is 349 g/mol. The van der Waals surface area contributed by atoms with Gasteiger partial charge in [-0.2, -0.15) is 4.31 Å². The first-order valence-corrected chi connectivity index (χ1v) is 8.36. The molecule has 22 heavy (non-hydrogen) atoms. The van der Waals surface area contributed by atoms with Gasteiger partial charge in [0.25, 0.3) is 0 Å². The Balaban J connectivity index is 0.00000242. The van der Waals surface area contributed by atoms with Gasteiger partial charge in [0.05, 0.1) is 17.1 Å². The van der Waals surface area contributed by atoms with Gasteiger partial charge in [0.1, 0.15) is 0 Å². The van der Waals surface area contributed by atoms with Gasteiger partial charge in [-0.25, -0.2) is 13.2 Å². The third-order valence-electron chi connectivity index (χ3n) is 3.59. The second kappa shape index (κ2) is 7.92. The number of hydrogen-bond acceptors (Lipinski definition) is 5. The van der Waals surface area contributed by atoms with Gasteiger partial charge in [-0.1, -0.05) is 0 Å². The quantitative estimate of drug-likeness (QED) is 0.811. The van der Waals surface area contributed by atoms with Crippen molar-refractivity contribution >= 4 is 28.4 Å². The van der Waals surface area contributed by atoms with E-state index in [4.69, 9.17) is 4.74 Å². The third-order valence-corrected chi connectivity index (χ3v) is 5.52. The molecule has 0 aromatic heterocycles. The maximum Gasteiger partial charge on any atom is 0.338 e. The molecule has 8 heteroatoms. The summed E-state index contributed by atoms with van der Waals surface area (Å²) in [7, 11) is -1.95. The number of rotatable bonds is 5. The van der Waals surface area contributed by atoms with Crippen LogP contribution in [0.3, 0.4) is 0 Å². The predicted octanol–water partition coefficient (Wildman–Crippen LogP) is 1.27. The van der Waals surface area contributed by atoms with Crippen molar-refractivity contribution in [2.45, 2.75) is 24.3 Å². The van der Waals surface area contributed by atoms with Crippen molar-refractivity contribution in [3.05, 3.63) is 29.8 Å². The summed E-state index contributed by atoms with van der Waals surface area (Å²) in [6.07, 6.45) is 0.802. The van der Waals surface area contributed by atoms with Gasteiger partial charge >= 0.3 is 5.97 Å². The topological polar surface area (TPSA) is 75.7 Å². The lowest BCUT2D eigenvalue weighted by atomic mass is 10.2. The second-order valence-corrected chi connectivity index (χ2v) is 6.91. The minimum Gasteiger partial charge on any atom is -0.462 e. The summed E-state index contributed by atoms with van der Waals surface area (Å²) < 4.78 is 31.3. The van der Waals surface area contributed by atoms with Crippen LogP contribution in [-0.2, 0) is 14.8 Å². The number of nitrogens with one attached hydrogen (secondary N) is 1. The van der Waals surface area contributed by atoms with Gasteiger partial charge < -0.3 is 10.1 Å². The number of nitrogens with zero attached hydrogens (tertiary/aromatic N) is 1. The van der Waals surface area contributed by atoms with E-state index < -0.39 is 16.0 Å². The molecule has 1 unspecified atom stereocenters. The molecule has 1 heterocycles. The fourth-order valence-corrected chi connectivity index (χ4v) is 3.67. The Kier molecular flexibility index (Phi) is 6.80. The molecule has 1 saturated heterocycles. The molecule has 0 spiro atoms. The van der Waals surface area contributed by atoms with Gasteiger partial charge in [0.2, 0.25) is 10.0 Å². The molecule has 1 aromatic rings. The number of esters is 1. The summed E-state index contributed by atoms with van der Waals surface area (Å²) in [6.45, 7) is 3.50. The fraction of sp³-hybridized carbons (Fsp3) is 0.500. The van der Waals surface area contributed by atoms with E-state index in [0.29, 0.717) is 12.1 Å². The summed E-state index contributed by atoms with van der Waals surface area (Å²) in [5, 5.41) is 3.15. The lowest BCUT2D eigenvalue weighted by molar-refractivity contribution is 0.0526. The summed E-state index contributed by atoms with van der Waals surface area (Å²) >= 11 is 0. The molecule has 0 bridgehead atoms. The van der Waals surface area contributed by atoms with E-state index in [1.165, 1.54) is 28.6 Å². The van der Waals surface area contributed by atoms with E-state index in [-0.39, 0.29) is 30.0 Å². The van der Waals surface area contributed by atoms with Gasteiger partial charge in [0.15, 0.2) is 0 Å². The van der Waals surface area contributed by atoms with Crippen LogP contribution in [0.5, 0.6) is 0 Å². The van der Waals surface area contributed by atoms with Crippen molar-refractivity contribution < 1.29 is 17.9 Å². The van der Waals surface area contributed by atoms with Crippen molar-refractivity contribution in [3.63, 3.8) is 0 Å². The summed E-state index contributed by atoms with van der Waals surface area (Å²) in [4.78, 5) is 11.7. The maximum atomic E-state index is 12.5. The highest BCUT2D eigenvalue weighted by Crippen LogP contribution is 2.20. The van der Waals surface area contributed by atoms with E-state index in [0.717, 1.165) is 13.0 Å². The second-order valence-electron chi connectivity index (χ2n) is 4.91. The molecule has 0 amide bonds. The zero-order valence-corrected chi connectivity index (χ0v) is 14.2. The molecule has 1 aliphatic rings. The number of sulfonamides is 1. The number of likely N-dealkylation sites (N-methyl/N-ethyl adjacent to an activating group) is 1. The Bertz CT molecular complexity index is 598. The van der Waals surface area contributed by atoms with Crippen LogP contribution in [0.25, 0.3) is 0 Å². The Hall–Kier alpha value is -1.15. The smallest absolute Gasteiger partial charge is 0.338 e. The molecule has 2 rings (SSSR count). The number of carbonyl (C=O) groups is 1. The Morgan fingerprint density at radius 2 is 2.00 bits per heavy atom. The van der Waals surface area contributed by atoms with Crippen LogP contribution in [0, 0.1) is 0 Å². The highest BCUT2D eigenvalue weighted by Gasteiger charge is 2.29. The fourth-order valence-electron chi connectivity index (χ4n) is 2.29. The van der Waals surface area contributed by atoms with Crippen molar-refractivity contribution in [1.82, 2.24) is 9.62 Å². The Morgan fingerprint density at radius 3 is 2.50 bits per heavy atom. The summed E-state index contributed by atoms with van der Waals surface area (Å²) in [5.74, 6) is -0.449. The molecule has 1 aromatic carbocycles. The largest absolute Gasteiger partial charge is 0.462 e. The van der Waals surface area contributed by atoms with Gasteiger partial charge in [0, 0.05) is 19.6 Å². The molecular formula is C14H21ClN2O4S. The Labute approximate surface area is 137 Å². The standard InChI is InChI=1S/C14H20N2O4S.ClH/c1-3-20-14(17)11-4-6-13(7-5-11)21(18,19)16(2)12-8-9-15-10-12;/h4-7,12,15H,3,8-10H2,1-2H3;1H. The van der Waals surface area contributed by atoms with Crippen molar-refractivity contribution in [2.75, 3.05) is 26.7 Å². The van der Waals surface area contributed by atoms with Crippen LogP contribution < -0.4 is 5.32 Å². The van der Waals surface area contributed by atoms with Gasteiger partial charge in [-0.05, 0) is 44.2 Å². The maximum absolute atomic E-state index is 12.5. The van der Waals surface area contributed by atoms with E-state index >= 15 is 0 Å². The number of hydrogen-bond donors (Lipinski definition) is 1. The molecule has 1 aliphatic heterocycles. The third kappa shape index (κ3) is 3.98. The van der Waals surface area contributed by atoms with Crippen LogP contribution in [-0.4, -0.2) is 51.5 Å². The first kappa shape index (κ1) is 18.9. The first-order valence-electron chi connectivity index (χ1n) is 6.92. The SMILES string of the molecule is CCOC(=O)c1ccc(S(=O)(=O)N(C)C2CCNC2)cc1.Cl. The lowest BCUT2D eigenvalue weighted by Gasteiger charge is -2.23. The zero-order valence-electron chi connectivity index (χ0n) is 12.6. The van der Waals surface area contributed by atoms with Crippen LogP contribution in [0.2, 0.25) is 0 Å². The normalized spacial score (nSPS) is 18.0. The molecule has 6 nitrogen and oxygen atoms in total. The van der Waals surface area contributed by atoms with Gasteiger partial charge in [-0.3, -0.25) is 0 Å². The van der Waals surface area contributed by atoms with E-state index in [1.807, 2.05) is 0 Å². The number of carbonyl (C=O) groups excluding carboxylic acids is 1. The molecule has 1 atom stereocenters. The van der Waals surface area contributed by atoms with E-state index in [1.54, 1.807) is 14.0 Å². The summed E-state index contributed by atoms with van der Waals surface area (Å²) in [6, 6.07) is 5.82. The zero-order chi connectivity index (χ0) is 15.5. The first-order chi connectivity index (χ1) is 9.96. The number of benzene rings is 1. The highest BCUT2D eigenvalue weighted by atomic mass is 35.5. The number of halogens is 1. The average Bonchev–Trinajstić information content (AvgIpc) is 3.01. The van der Waals surface area contributed by atoms with Crippen LogP contribution in [0.1, 0.15) is 23.7 Å².